The Kier molecular flexibility index (Phi) is 4.37. The van der Waals surface area contributed by atoms with E-state index in [1.54, 1.807) is 0 Å². The summed E-state index contributed by atoms with van der Waals surface area (Å²) in [7, 11) is 0. The van der Waals surface area contributed by atoms with Gasteiger partial charge in [0.2, 0.25) is 0 Å². The molecule has 0 bridgehead atoms. The minimum absolute atomic E-state index is 0.161. The lowest BCUT2D eigenvalue weighted by Gasteiger charge is -2.28. The van der Waals surface area contributed by atoms with Crippen LogP contribution in [0.25, 0.3) is 0 Å². The molecular formula is C15H21NO2. The Morgan fingerprint density at radius 3 is 2.94 bits per heavy atom. The zero-order valence-electron chi connectivity index (χ0n) is 10.9. The van der Waals surface area contributed by atoms with Gasteiger partial charge in [-0.3, -0.25) is 4.79 Å². The lowest BCUT2D eigenvalue weighted by molar-refractivity contribution is 0.0733. The van der Waals surface area contributed by atoms with Gasteiger partial charge in [0.25, 0.3) is 5.91 Å². The second kappa shape index (κ2) is 6.01. The van der Waals surface area contributed by atoms with Crippen molar-refractivity contribution in [1.29, 1.82) is 0 Å². The number of amides is 1. The maximum atomic E-state index is 12.2. The molecule has 1 N–H and O–H groups in total. The molecule has 1 atom stereocenters. The fourth-order valence-corrected chi connectivity index (χ4v) is 2.41. The molecule has 0 saturated heterocycles. The topological polar surface area (TPSA) is 40.5 Å². The molecule has 2 rings (SSSR count). The van der Waals surface area contributed by atoms with Gasteiger partial charge in [-0.05, 0) is 36.8 Å². The normalized spacial score (nSPS) is 16.6. The number of hydrogen-bond donors (Lipinski definition) is 1. The van der Waals surface area contributed by atoms with Gasteiger partial charge in [0, 0.05) is 25.3 Å². The molecule has 1 aliphatic heterocycles. The Morgan fingerprint density at radius 2 is 2.17 bits per heavy atom. The molecule has 1 aliphatic rings. The number of fused-ring (bicyclic) bond motifs is 1. The SMILES string of the molecule is CC(CO)CCCN1CCc2ccccc2C1=O. The average Bonchev–Trinajstić information content (AvgIpc) is 2.41. The molecule has 0 aliphatic carbocycles. The van der Waals surface area contributed by atoms with Crippen LogP contribution in [-0.4, -0.2) is 35.6 Å². The van der Waals surface area contributed by atoms with E-state index >= 15 is 0 Å². The highest BCUT2D eigenvalue weighted by atomic mass is 16.3. The number of nitrogens with zero attached hydrogens (tertiary/aromatic N) is 1. The van der Waals surface area contributed by atoms with Crippen LogP contribution in [0.5, 0.6) is 0 Å². The minimum Gasteiger partial charge on any atom is -0.396 e. The van der Waals surface area contributed by atoms with Crippen molar-refractivity contribution in [3.63, 3.8) is 0 Å². The second-order valence-corrected chi connectivity index (χ2v) is 5.13. The first-order valence-electron chi connectivity index (χ1n) is 6.70. The van der Waals surface area contributed by atoms with Crippen molar-refractivity contribution < 1.29 is 9.90 Å². The standard InChI is InChI=1S/C15H21NO2/c1-12(11-17)5-4-9-16-10-8-13-6-2-3-7-14(13)15(16)18/h2-3,6-7,12,17H,4-5,8-11H2,1H3. The van der Waals surface area contributed by atoms with Gasteiger partial charge in [-0.1, -0.05) is 25.1 Å². The fraction of sp³-hybridized carbons (Fsp3) is 0.533. The first-order valence-corrected chi connectivity index (χ1v) is 6.70. The lowest BCUT2D eigenvalue weighted by atomic mass is 9.98. The van der Waals surface area contributed by atoms with E-state index in [4.69, 9.17) is 5.11 Å². The van der Waals surface area contributed by atoms with Crippen LogP contribution < -0.4 is 0 Å². The van der Waals surface area contributed by atoms with Crippen LogP contribution in [0.4, 0.5) is 0 Å². The molecule has 1 unspecified atom stereocenters. The smallest absolute Gasteiger partial charge is 0.254 e. The number of hydrogen-bond acceptors (Lipinski definition) is 2. The molecule has 0 radical (unpaired) electrons. The predicted molar refractivity (Wildman–Crippen MR) is 71.5 cm³/mol. The largest absolute Gasteiger partial charge is 0.396 e. The molecule has 0 saturated carbocycles. The molecule has 3 heteroatoms. The van der Waals surface area contributed by atoms with Crippen LogP contribution in [0.15, 0.2) is 24.3 Å². The van der Waals surface area contributed by atoms with Crippen molar-refractivity contribution in [3.8, 4) is 0 Å². The molecule has 3 nitrogen and oxygen atoms in total. The molecular weight excluding hydrogens is 226 g/mol. The third-order valence-electron chi connectivity index (χ3n) is 3.62. The molecule has 1 amide bonds. The summed E-state index contributed by atoms with van der Waals surface area (Å²) in [5.74, 6) is 0.491. The highest BCUT2D eigenvalue weighted by Crippen LogP contribution is 2.19. The molecule has 0 aromatic heterocycles. The number of aliphatic hydroxyl groups is 1. The molecule has 1 aromatic carbocycles. The zero-order valence-corrected chi connectivity index (χ0v) is 10.9. The second-order valence-electron chi connectivity index (χ2n) is 5.13. The van der Waals surface area contributed by atoms with Gasteiger partial charge < -0.3 is 10.0 Å². The molecule has 18 heavy (non-hydrogen) atoms. The molecule has 0 spiro atoms. The Hall–Kier alpha value is -1.35. The Balaban J connectivity index is 1.91. The summed E-state index contributed by atoms with van der Waals surface area (Å²) < 4.78 is 0. The Labute approximate surface area is 108 Å². The van der Waals surface area contributed by atoms with Crippen molar-refractivity contribution in [1.82, 2.24) is 4.90 Å². The predicted octanol–water partition coefficient (Wildman–Crippen LogP) is 2.09. The summed E-state index contributed by atoms with van der Waals surface area (Å²) >= 11 is 0. The van der Waals surface area contributed by atoms with Crippen molar-refractivity contribution in [3.05, 3.63) is 35.4 Å². The van der Waals surface area contributed by atoms with E-state index in [1.807, 2.05) is 36.1 Å². The summed E-state index contributed by atoms with van der Waals surface area (Å²) in [5, 5.41) is 8.97. The minimum atomic E-state index is 0.161. The zero-order chi connectivity index (χ0) is 13.0. The summed E-state index contributed by atoms with van der Waals surface area (Å²) in [6.07, 6.45) is 2.90. The van der Waals surface area contributed by atoms with Crippen LogP contribution in [0.3, 0.4) is 0 Å². The Morgan fingerprint density at radius 1 is 1.39 bits per heavy atom. The first-order chi connectivity index (χ1) is 8.72. The van der Waals surface area contributed by atoms with E-state index in [9.17, 15) is 4.79 Å². The third-order valence-corrected chi connectivity index (χ3v) is 3.62. The van der Waals surface area contributed by atoms with E-state index in [0.717, 1.165) is 37.9 Å². The summed E-state index contributed by atoms with van der Waals surface area (Å²) in [5.41, 5.74) is 2.03. The molecule has 1 heterocycles. The van der Waals surface area contributed by atoms with Gasteiger partial charge in [0.05, 0.1) is 0 Å². The number of aliphatic hydroxyl groups excluding tert-OH is 1. The highest BCUT2D eigenvalue weighted by Gasteiger charge is 2.23. The third kappa shape index (κ3) is 2.91. The number of benzene rings is 1. The number of carbonyl (C=O) groups is 1. The average molecular weight is 247 g/mol. The van der Waals surface area contributed by atoms with Crippen molar-refractivity contribution in [2.45, 2.75) is 26.2 Å². The van der Waals surface area contributed by atoms with Gasteiger partial charge in [0.1, 0.15) is 0 Å². The first kappa shape index (κ1) is 13.1. The number of carbonyl (C=O) groups excluding carboxylic acids is 1. The fourth-order valence-electron chi connectivity index (χ4n) is 2.41. The van der Waals surface area contributed by atoms with E-state index in [-0.39, 0.29) is 12.5 Å². The highest BCUT2D eigenvalue weighted by molar-refractivity contribution is 5.96. The van der Waals surface area contributed by atoms with Gasteiger partial charge in [0.15, 0.2) is 0 Å². The summed E-state index contributed by atoms with van der Waals surface area (Å²) in [6, 6.07) is 7.87. The van der Waals surface area contributed by atoms with E-state index < -0.39 is 0 Å². The summed E-state index contributed by atoms with van der Waals surface area (Å²) in [6.45, 7) is 3.89. The van der Waals surface area contributed by atoms with Crippen LogP contribution in [-0.2, 0) is 6.42 Å². The van der Waals surface area contributed by atoms with Crippen LogP contribution in [0.1, 0.15) is 35.7 Å². The molecule has 98 valence electrons. The van der Waals surface area contributed by atoms with Crippen LogP contribution >= 0.6 is 0 Å². The van der Waals surface area contributed by atoms with Crippen molar-refractivity contribution >= 4 is 5.91 Å². The molecule has 0 fully saturated rings. The van der Waals surface area contributed by atoms with Crippen molar-refractivity contribution in [2.24, 2.45) is 5.92 Å². The quantitative estimate of drug-likeness (QED) is 0.865. The van der Waals surface area contributed by atoms with Crippen molar-refractivity contribution in [2.75, 3.05) is 19.7 Å². The Bertz CT molecular complexity index is 417. The van der Waals surface area contributed by atoms with Gasteiger partial charge in [-0.15, -0.1) is 0 Å². The van der Waals surface area contributed by atoms with Gasteiger partial charge in [-0.2, -0.15) is 0 Å². The maximum absolute atomic E-state index is 12.2. The van der Waals surface area contributed by atoms with E-state index in [0.29, 0.717) is 5.92 Å². The maximum Gasteiger partial charge on any atom is 0.254 e. The monoisotopic (exact) mass is 247 g/mol. The number of rotatable bonds is 5. The van der Waals surface area contributed by atoms with E-state index in [1.165, 1.54) is 5.56 Å². The van der Waals surface area contributed by atoms with Gasteiger partial charge in [-0.25, -0.2) is 0 Å². The van der Waals surface area contributed by atoms with Crippen LogP contribution in [0.2, 0.25) is 0 Å². The summed E-state index contributed by atoms with van der Waals surface area (Å²) in [4.78, 5) is 14.2. The lowest BCUT2D eigenvalue weighted by Crippen LogP contribution is -2.38. The van der Waals surface area contributed by atoms with Gasteiger partial charge >= 0.3 is 0 Å². The van der Waals surface area contributed by atoms with E-state index in [2.05, 4.69) is 0 Å². The molecule has 1 aromatic rings. The van der Waals surface area contributed by atoms with Crippen LogP contribution in [0, 0.1) is 5.92 Å².